The molecule has 4 heteroatoms. The number of nitrogens with one attached hydrogen (secondary N) is 1. The lowest BCUT2D eigenvalue weighted by molar-refractivity contribution is -0.126. The van der Waals surface area contributed by atoms with Crippen molar-refractivity contribution < 1.29 is 4.79 Å². The van der Waals surface area contributed by atoms with Gasteiger partial charge in [0.25, 0.3) is 0 Å². The number of nitrogens with two attached hydrogens (primary N) is 1. The molecular formula is C23H31N3O. The molecule has 1 saturated heterocycles. The van der Waals surface area contributed by atoms with Gasteiger partial charge in [-0.05, 0) is 36.5 Å². The smallest absolute Gasteiger partial charge is 0.224 e. The van der Waals surface area contributed by atoms with Gasteiger partial charge in [0.05, 0.1) is 5.92 Å². The van der Waals surface area contributed by atoms with Crippen LogP contribution in [0.4, 0.5) is 0 Å². The van der Waals surface area contributed by atoms with E-state index in [0.29, 0.717) is 0 Å². The lowest BCUT2D eigenvalue weighted by atomic mass is 9.94. The fourth-order valence-electron chi connectivity index (χ4n) is 3.72. The molecule has 3 rings (SSSR count). The van der Waals surface area contributed by atoms with Crippen molar-refractivity contribution in [3.05, 3.63) is 71.3 Å². The summed E-state index contributed by atoms with van der Waals surface area (Å²) in [7, 11) is 0. The quantitative estimate of drug-likeness (QED) is 0.825. The molecule has 1 aliphatic heterocycles. The summed E-state index contributed by atoms with van der Waals surface area (Å²) in [6.07, 6.45) is 1.98. The Morgan fingerprint density at radius 1 is 1.11 bits per heavy atom. The first-order valence-electron chi connectivity index (χ1n) is 9.92. The molecule has 3 N–H and O–H groups in total. The molecule has 1 fully saturated rings. The summed E-state index contributed by atoms with van der Waals surface area (Å²) >= 11 is 0. The molecule has 0 aromatic heterocycles. The fraction of sp³-hybridized carbons (Fsp3) is 0.435. The van der Waals surface area contributed by atoms with Gasteiger partial charge in [0.1, 0.15) is 0 Å². The number of carbonyl (C=O) groups is 1. The predicted octanol–water partition coefficient (Wildman–Crippen LogP) is 3.41. The van der Waals surface area contributed by atoms with Gasteiger partial charge in [-0.25, -0.2) is 0 Å². The Balaban J connectivity index is 1.47. The minimum absolute atomic E-state index is 0.0590. The van der Waals surface area contributed by atoms with E-state index in [1.54, 1.807) is 0 Å². The zero-order valence-electron chi connectivity index (χ0n) is 16.4. The maximum absolute atomic E-state index is 12.6. The van der Waals surface area contributed by atoms with Crippen molar-refractivity contribution in [3.8, 4) is 0 Å². The number of aryl methyl sites for hydroxylation is 1. The topological polar surface area (TPSA) is 58.4 Å². The molecule has 2 aromatic rings. The van der Waals surface area contributed by atoms with Crippen molar-refractivity contribution in [2.45, 2.75) is 45.3 Å². The third-order valence-electron chi connectivity index (χ3n) is 5.73. The van der Waals surface area contributed by atoms with Crippen LogP contribution in [0, 0.1) is 12.8 Å². The van der Waals surface area contributed by atoms with Crippen LogP contribution in [0.5, 0.6) is 0 Å². The molecule has 0 aliphatic carbocycles. The van der Waals surface area contributed by atoms with Gasteiger partial charge < -0.3 is 11.1 Å². The van der Waals surface area contributed by atoms with Gasteiger partial charge in [0, 0.05) is 31.7 Å². The Hall–Kier alpha value is -2.17. The Labute approximate surface area is 162 Å². The molecule has 1 heterocycles. The number of rotatable bonds is 6. The monoisotopic (exact) mass is 365 g/mol. The molecule has 1 amide bonds. The average Bonchev–Trinajstić information content (AvgIpc) is 2.70. The van der Waals surface area contributed by atoms with Crippen LogP contribution >= 0.6 is 0 Å². The standard InChI is InChI=1S/C23H31N3O/c1-17-8-6-7-11-20(17)16-26-14-12-21(13-15-26)25-23(27)18(2)22(24)19-9-4-3-5-10-19/h3-11,18,21-22H,12-16,24H2,1-2H3,(H,25,27). The van der Waals surface area contributed by atoms with Crippen molar-refractivity contribution in [2.75, 3.05) is 13.1 Å². The van der Waals surface area contributed by atoms with E-state index < -0.39 is 0 Å². The average molecular weight is 366 g/mol. The summed E-state index contributed by atoms with van der Waals surface area (Å²) in [5.41, 5.74) is 10.0. The van der Waals surface area contributed by atoms with Crippen LogP contribution in [0.25, 0.3) is 0 Å². The summed E-state index contributed by atoms with van der Waals surface area (Å²) in [5.74, 6) is -0.180. The number of hydrogen-bond donors (Lipinski definition) is 2. The highest BCUT2D eigenvalue weighted by molar-refractivity contribution is 5.79. The van der Waals surface area contributed by atoms with E-state index in [1.165, 1.54) is 11.1 Å². The molecule has 0 saturated carbocycles. The van der Waals surface area contributed by atoms with Crippen molar-refractivity contribution >= 4 is 5.91 Å². The first kappa shape index (κ1) is 19.6. The Bertz CT molecular complexity index is 738. The predicted molar refractivity (Wildman–Crippen MR) is 110 cm³/mol. The van der Waals surface area contributed by atoms with E-state index in [0.717, 1.165) is 38.0 Å². The first-order chi connectivity index (χ1) is 13.0. The third kappa shape index (κ3) is 5.18. The van der Waals surface area contributed by atoms with E-state index in [9.17, 15) is 4.79 Å². The Kier molecular flexibility index (Phi) is 6.64. The number of carbonyl (C=O) groups excluding carboxylic acids is 1. The van der Waals surface area contributed by atoms with Crippen molar-refractivity contribution in [1.82, 2.24) is 10.2 Å². The first-order valence-corrected chi connectivity index (χ1v) is 9.92. The minimum atomic E-state index is -0.271. The second-order valence-corrected chi connectivity index (χ2v) is 7.71. The summed E-state index contributed by atoms with van der Waals surface area (Å²) in [6, 6.07) is 18.4. The molecule has 0 spiro atoms. The van der Waals surface area contributed by atoms with Crippen molar-refractivity contribution in [2.24, 2.45) is 11.7 Å². The zero-order valence-corrected chi connectivity index (χ0v) is 16.4. The molecule has 4 nitrogen and oxygen atoms in total. The molecule has 2 aromatic carbocycles. The van der Waals surface area contributed by atoms with Crippen LogP contribution in [0.15, 0.2) is 54.6 Å². The molecule has 2 atom stereocenters. The van der Waals surface area contributed by atoms with E-state index in [1.807, 2.05) is 37.3 Å². The third-order valence-corrected chi connectivity index (χ3v) is 5.73. The van der Waals surface area contributed by atoms with Gasteiger partial charge in [0.2, 0.25) is 5.91 Å². The number of nitrogens with zero attached hydrogens (tertiary/aromatic N) is 1. The molecule has 27 heavy (non-hydrogen) atoms. The molecule has 0 radical (unpaired) electrons. The summed E-state index contributed by atoms with van der Waals surface area (Å²) in [4.78, 5) is 15.1. The largest absolute Gasteiger partial charge is 0.353 e. The van der Waals surface area contributed by atoms with Crippen LogP contribution in [-0.2, 0) is 11.3 Å². The summed E-state index contributed by atoms with van der Waals surface area (Å²) in [6.45, 7) is 7.10. The van der Waals surface area contributed by atoms with Gasteiger partial charge >= 0.3 is 0 Å². The van der Waals surface area contributed by atoms with Crippen LogP contribution in [0.1, 0.15) is 42.5 Å². The molecule has 1 aliphatic rings. The number of amides is 1. The van der Waals surface area contributed by atoms with E-state index in [-0.39, 0.29) is 23.9 Å². The van der Waals surface area contributed by atoms with Crippen molar-refractivity contribution in [1.29, 1.82) is 0 Å². The van der Waals surface area contributed by atoms with Gasteiger partial charge in [-0.1, -0.05) is 61.5 Å². The summed E-state index contributed by atoms with van der Waals surface area (Å²) < 4.78 is 0. The van der Waals surface area contributed by atoms with Gasteiger partial charge in [-0.3, -0.25) is 9.69 Å². The van der Waals surface area contributed by atoms with E-state index in [2.05, 4.69) is 41.4 Å². The maximum atomic E-state index is 12.6. The maximum Gasteiger partial charge on any atom is 0.224 e. The number of piperidine rings is 1. The number of hydrogen-bond acceptors (Lipinski definition) is 3. The number of likely N-dealkylation sites (tertiary alicyclic amines) is 1. The fourth-order valence-corrected chi connectivity index (χ4v) is 3.72. The van der Waals surface area contributed by atoms with Gasteiger partial charge in [-0.2, -0.15) is 0 Å². The van der Waals surface area contributed by atoms with Gasteiger partial charge in [-0.15, -0.1) is 0 Å². The van der Waals surface area contributed by atoms with Crippen LogP contribution < -0.4 is 11.1 Å². The normalized spacial score (nSPS) is 18.0. The van der Waals surface area contributed by atoms with Gasteiger partial charge in [0.15, 0.2) is 0 Å². The van der Waals surface area contributed by atoms with E-state index >= 15 is 0 Å². The lowest BCUT2D eigenvalue weighted by Gasteiger charge is -2.33. The molecule has 2 unspecified atom stereocenters. The SMILES string of the molecule is Cc1ccccc1CN1CCC(NC(=O)C(C)C(N)c2ccccc2)CC1. The van der Waals surface area contributed by atoms with Crippen LogP contribution in [0.3, 0.4) is 0 Å². The zero-order chi connectivity index (χ0) is 19.2. The second-order valence-electron chi connectivity index (χ2n) is 7.71. The minimum Gasteiger partial charge on any atom is -0.353 e. The molecular weight excluding hydrogens is 334 g/mol. The summed E-state index contributed by atoms with van der Waals surface area (Å²) in [5, 5.41) is 3.22. The van der Waals surface area contributed by atoms with E-state index in [4.69, 9.17) is 5.73 Å². The highest BCUT2D eigenvalue weighted by Gasteiger charge is 2.26. The number of benzene rings is 2. The van der Waals surface area contributed by atoms with Crippen LogP contribution in [-0.4, -0.2) is 29.9 Å². The highest BCUT2D eigenvalue weighted by Crippen LogP contribution is 2.21. The molecule has 144 valence electrons. The van der Waals surface area contributed by atoms with Crippen LogP contribution in [0.2, 0.25) is 0 Å². The highest BCUT2D eigenvalue weighted by atomic mass is 16.2. The second kappa shape index (κ2) is 9.16. The Morgan fingerprint density at radius 2 is 1.74 bits per heavy atom. The van der Waals surface area contributed by atoms with Crippen molar-refractivity contribution in [3.63, 3.8) is 0 Å². The lowest BCUT2D eigenvalue weighted by Crippen LogP contribution is -2.47. The Morgan fingerprint density at radius 3 is 2.41 bits per heavy atom. The molecule has 0 bridgehead atoms.